The van der Waals surface area contributed by atoms with E-state index < -0.39 is 5.91 Å². The van der Waals surface area contributed by atoms with Crippen LogP contribution in [-0.4, -0.2) is 15.9 Å². The first kappa shape index (κ1) is 10.3. The number of amides is 1. The van der Waals surface area contributed by atoms with E-state index in [2.05, 4.69) is 9.97 Å². The second-order valence-corrected chi connectivity index (χ2v) is 3.40. The predicted molar refractivity (Wildman–Crippen MR) is 60.7 cm³/mol. The molecule has 0 radical (unpaired) electrons. The number of aromatic nitrogens is 2. The van der Waals surface area contributed by atoms with Crippen LogP contribution in [0, 0.1) is 6.92 Å². The molecule has 2 aromatic rings. The third kappa shape index (κ3) is 1.77. The lowest BCUT2D eigenvalue weighted by Crippen LogP contribution is -2.15. The highest BCUT2D eigenvalue weighted by Gasteiger charge is 2.13. The van der Waals surface area contributed by atoms with E-state index in [4.69, 9.17) is 5.73 Å². The Morgan fingerprint density at radius 1 is 1.19 bits per heavy atom. The Labute approximate surface area is 93.2 Å². The van der Waals surface area contributed by atoms with Crippen LogP contribution in [0.5, 0.6) is 0 Å². The van der Waals surface area contributed by atoms with Crippen molar-refractivity contribution in [3.8, 4) is 11.3 Å². The van der Waals surface area contributed by atoms with Crippen molar-refractivity contribution in [1.29, 1.82) is 0 Å². The molecular weight excluding hydrogens is 202 g/mol. The van der Waals surface area contributed by atoms with Gasteiger partial charge < -0.3 is 5.73 Å². The summed E-state index contributed by atoms with van der Waals surface area (Å²) in [4.78, 5) is 19.6. The molecule has 0 atom stereocenters. The van der Waals surface area contributed by atoms with E-state index in [1.54, 1.807) is 25.4 Å². The molecular formula is C12H11N3O. The summed E-state index contributed by atoms with van der Waals surface area (Å²) in [5.41, 5.74) is 7.85. The Kier molecular flexibility index (Phi) is 2.64. The van der Waals surface area contributed by atoms with Gasteiger partial charge in [-0.1, -0.05) is 6.07 Å². The Morgan fingerprint density at radius 2 is 2.00 bits per heavy atom. The van der Waals surface area contributed by atoms with Gasteiger partial charge in [0, 0.05) is 18.0 Å². The summed E-state index contributed by atoms with van der Waals surface area (Å²) in [6, 6.07) is 7.26. The Bertz CT molecular complexity index is 523. The van der Waals surface area contributed by atoms with Crippen LogP contribution in [0.1, 0.15) is 16.1 Å². The number of hydrogen-bond donors (Lipinski definition) is 1. The molecule has 0 fully saturated rings. The zero-order valence-electron chi connectivity index (χ0n) is 8.84. The standard InChI is InChI=1S/C12H11N3O/c1-8-11(12(13)16)9(5-7-14-8)10-4-2-3-6-15-10/h2-7H,1H3,(H2,13,16). The monoisotopic (exact) mass is 213 g/mol. The zero-order chi connectivity index (χ0) is 11.5. The molecule has 4 heteroatoms. The quantitative estimate of drug-likeness (QED) is 0.822. The van der Waals surface area contributed by atoms with Crippen molar-refractivity contribution < 1.29 is 4.79 Å². The van der Waals surface area contributed by atoms with Gasteiger partial charge in [-0.15, -0.1) is 0 Å². The normalized spacial score (nSPS) is 10.1. The summed E-state index contributed by atoms with van der Waals surface area (Å²) in [6.45, 7) is 1.76. The van der Waals surface area contributed by atoms with E-state index in [0.717, 1.165) is 11.3 Å². The number of carbonyl (C=O) groups excluding carboxylic acids is 1. The highest BCUT2D eigenvalue weighted by molar-refractivity contribution is 6.00. The molecule has 0 aliphatic carbocycles. The lowest BCUT2D eigenvalue weighted by molar-refractivity contribution is 0.1000. The predicted octanol–water partition coefficient (Wildman–Crippen LogP) is 1.55. The minimum Gasteiger partial charge on any atom is -0.366 e. The van der Waals surface area contributed by atoms with Crippen molar-refractivity contribution in [1.82, 2.24) is 9.97 Å². The maximum atomic E-state index is 11.4. The summed E-state index contributed by atoms with van der Waals surface area (Å²) >= 11 is 0. The fourth-order valence-corrected chi connectivity index (χ4v) is 1.61. The summed E-state index contributed by atoms with van der Waals surface area (Å²) < 4.78 is 0. The first-order valence-electron chi connectivity index (χ1n) is 4.87. The van der Waals surface area contributed by atoms with Crippen molar-refractivity contribution in [2.75, 3.05) is 0 Å². The molecule has 2 rings (SSSR count). The first-order valence-corrected chi connectivity index (χ1v) is 4.87. The SMILES string of the molecule is Cc1nccc(-c2ccccn2)c1C(N)=O. The van der Waals surface area contributed by atoms with Gasteiger partial charge in [-0.05, 0) is 25.1 Å². The van der Waals surface area contributed by atoms with E-state index in [-0.39, 0.29) is 0 Å². The Morgan fingerprint density at radius 3 is 2.62 bits per heavy atom. The van der Waals surface area contributed by atoms with Gasteiger partial charge in [0.2, 0.25) is 0 Å². The molecule has 0 aliphatic rings. The number of hydrogen-bond acceptors (Lipinski definition) is 3. The molecule has 16 heavy (non-hydrogen) atoms. The smallest absolute Gasteiger partial charge is 0.251 e. The molecule has 1 amide bonds. The molecule has 4 nitrogen and oxygen atoms in total. The average Bonchev–Trinajstić information content (AvgIpc) is 2.29. The van der Waals surface area contributed by atoms with Crippen LogP contribution in [0.4, 0.5) is 0 Å². The maximum absolute atomic E-state index is 11.4. The van der Waals surface area contributed by atoms with E-state index in [9.17, 15) is 4.79 Å². The molecule has 80 valence electrons. The van der Waals surface area contributed by atoms with Gasteiger partial charge in [-0.3, -0.25) is 14.8 Å². The van der Waals surface area contributed by atoms with Gasteiger partial charge >= 0.3 is 0 Å². The van der Waals surface area contributed by atoms with Gasteiger partial charge in [0.25, 0.3) is 5.91 Å². The number of nitrogens with two attached hydrogens (primary N) is 1. The van der Waals surface area contributed by atoms with Gasteiger partial charge in [-0.25, -0.2) is 0 Å². The van der Waals surface area contributed by atoms with Crippen molar-refractivity contribution in [2.24, 2.45) is 5.73 Å². The lowest BCUT2D eigenvalue weighted by Gasteiger charge is -2.07. The van der Waals surface area contributed by atoms with Crippen LogP contribution in [0.2, 0.25) is 0 Å². The highest BCUT2D eigenvalue weighted by atomic mass is 16.1. The van der Waals surface area contributed by atoms with E-state index in [1.807, 2.05) is 18.2 Å². The van der Waals surface area contributed by atoms with E-state index >= 15 is 0 Å². The van der Waals surface area contributed by atoms with Gasteiger partial charge in [-0.2, -0.15) is 0 Å². The molecule has 2 heterocycles. The summed E-state index contributed by atoms with van der Waals surface area (Å²) in [6.07, 6.45) is 3.32. The van der Waals surface area contributed by atoms with Crippen LogP contribution in [0.3, 0.4) is 0 Å². The third-order valence-electron chi connectivity index (χ3n) is 2.33. The van der Waals surface area contributed by atoms with Crippen LogP contribution >= 0.6 is 0 Å². The molecule has 0 unspecified atom stereocenters. The van der Waals surface area contributed by atoms with Gasteiger partial charge in [0.1, 0.15) is 0 Å². The molecule has 0 aromatic carbocycles. The topological polar surface area (TPSA) is 68.9 Å². The summed E-state index contributed by atoms with van der Waals surface area (Å²) in [5, 5.41) is 0. The Balaban J connectivity index is 2.66. The van der Waals surface area contributed by atoms with Crippen molar-refractivity contribution >= 4 is 5.91 Å². The Hall–Kier alpha value is -2.23. The fraction of sp³-hybridized carbons (Fsp3) is 0.0833. The minimum absolute atomic E-state index is 0.432. The summed E-state index contributed by atoms with van der Waals surface area (Å²) in [5.74, 6) is -0.480. The lowest BCUT2D eigenvalue weighted by atomic mass is 10.0. The molecule has 2 aromatic heterocycles. The van der Waals surface area contributed by atoms with E-state index in [1.165, 1.54) is 0 Å². The third-order valence-corrected chi connectivity index (χ3v) is 2.33. The maximum Gasteiger partial charge on any atom is 0.251 e. The van der Waals surface area contributed by atoms with Crippen LogP contribution in [-0.2, 0) is 0 Å². The van der Waals surface area contributed by atoms with Crippen molar-refractivity contribution in [3.05, 3.63) is 47.9 Å². The molecule has 2 N–H and O–H groups in total. The van der Waals surface area contributed by atoms with Crippen LogP contribution in [0.15, 0.2) is 36.7 Å². The number of carbonyl (C=O) groups is 1. The number of rotatable bonds is 2. The average molecular weight is 213 g/mol. The number of aryl methyl sites for hydroxylation is 1. The van der Waals surface area contributed by atoms with Crippen molar-refractivity contribution in [2.45, 2.75) is 6.92 Å². The molecule has 0 saturated heterocycles. The second kappa shape index (κ2) is 4.10. The minimum atomic E-state index is -0.480. The second-order valence-electron chi connectivity index (χ2n) is 3.40. The van der Waals surface area contributed by atoms with Gasteiger partial charge in [0.05, 0.1) is 17.0 Å². The molecule has 0 spiro atoms. The van der Waals surface area contributed by atoms with Crippen molar-refractivity contribution in [3.63, 3.8) is 0 Å². The molecule has 0 bridgehead atoms. The fourth-order valence-electron chi connectivity index (χ4n) is 1.61. The first-order chi connectivity index (χ1) is 7.70. The van der Waals surface area contributed by atoms with E-state index in [0.29, 0.717) is 11.3 Å². The van der Waals surface area contributed by atoms with Gasteiger partial charge in [0.15, 0.2) is 0 Å². The zero-order valence-corrected chi connectivity index (χ0v) is 8.84. The largest absolute Gasteiger partial charge is 0.366 e. The number of pyridine rings is 2. The number of nitrogens with zero attached hydrogens (tertiary/aromatic N) is 2. The number of primary amides is 1. The highest BCUT2D eigenvalue weighted by Crippen LogP contribution is 2.22. The van der Waals surface area contributed by atoms with Crippen LogP contribution < -0.4 is 5.73 Å². The summed E-state index contributed by atoms with van der Waals surface area (Å²) in [7, 11) is 0. The molecule has 0 aliphatic heterocycles. The molecule has 0 saturated carbocycles. The van der Waals surface area contributed by atoms with Crippen LogP contribution in [0.25, 0.3) is 11.3 Å².